The summed E-state index contributed by atoms with van der Waals surface area (Å²) in [5, 5.41) is 0.979. The first kappa shape index (κ1) is 28.8. The van der Waals surface area contributed by atoms with Crippen LogP contribution in [0.1, 0.15) is 83.4 Å². The van der Waals surface area contributed by atoms with E-state index in [1.807, 2.05) is 33.8 Å². The zero-order valence-electron chi connectivity index (χ0n) is 26.7. The second kappa shape index (κ2) is 9.23. The molecule has 1 aliphatic carbocycles. The maximum atomic E-state index is 16.3. The van der Waals surface area contributed by atoms with Crippen LogP contribution in [0.5, 0.6) is 5.75 Å². The number of hydrogen-bond donors (Lipinski definition) is 0. The largest absolute Gasteiger partial charge is 0.495 e. The van der Waals surface area contributed by atoms with E-state index in [9.17, 15) is 0 Å². The first-order chi connectivity index (χ1) is 20.6. The molecule has 6 nitrogen and oxygen atoms in total. The molecule has 2 fully saturated rings. The van der Waals surface area contributed by atoms with Crippen LogP contribution in [0.4, 0.5) is 4.39 Å². The van der Waals surface area contributed by atoms with Crippen LogP contribution in [0.2, 0.25) is 0 Å². The van der Waals surface area contributed by atoms with E-state index in [1.165, 1.54) is 22.9 Å². The van der Waals surface area contributed by atoms with E-state index >= 15 is 4.39 Å². The Hall–Kier alpha value is -2.62. The minimum absolute atomic E-state index is 0.366. The van der Waals surface area contributed by atoms with E-state index in [1.54, 1.807) is 11.3 Å². The van der Waals surface area contributed by atoms with Crippen molar-refractivity contribution in [3.8, 4) is 17.0 Å². The van der Waals surface area contributed by atoms with Crippen molar-refractivity contribution in [3.63, 3.8) is 0 Å². The lowest BCUT2D eigenvalue weighted by Gasteiger charge is -2.32. The smallest absolute Gasteiger partial charge is 0.464 e. The fourth-order valence-corrected chi connectivity index (χ4v) is 7.99. The average Bonchev–Trinajstić information content (AvgIpc) is 3.70. The van der Waals surface area contributed by atoms with Gasteiger partial charge in [0.2, 0.25) is 6.23 Å². The van der Waals surface area contributed by atoms with Gasteiger partial charge in [-0.15, -0.1) is 11.3 Å². The molecule has 4 aliphatic rings. The standard InChI is InChI=1S/C34H38B2FNO5S/c1-31(2)32(3,4)41-35(40-31)21-12-13-24-20(14-21)15-25-29-23(37)17-22(36-42-33(5,6)34(7,8)43-36)18-26(29)39-30(38(24)25)28-16-19-10-9-11-27(19)44-28/h12-18,30H,9-11H2,1-8H3. The Morgan fingerprint density at radius 2 is 1.41 bits per heavy atom. The van der Waals surface area contributed by atoms with Crippen molar-refractivity contribution >= 4 is 47.4 Å². The lowest BCUT2D eigenvalue weighted by molar-refractivity contribution is 0.00578. The van der Waals surface area contributed by atoms with Gasteiger partial charge in [-0.3, -0.25) is 4.57 Å². The number of halogens is 1. The summed E-state index contributed by atoms with van der Waals surface area (Å²) in [4.78, 5) is 2.54. The highest BCUT2D eigenvalue weighted by Crippen LogP contribution is 2.48. The second-order valence-electron chi connectivity index (χ2n) is 14.7. The number of hydrogen-bond acceptors (Lipinski definition) is 6. The van der Waals surface area contributed by atoms with E-state index in [4.69, 9.17) is 23.4 Å². The molecule has 10 heteroatoms. The predicted molar refractivity (Wildman–Crippen MR) is 174 cm³/mol. The Bertz CT molecular complexity index is 1790. The van der Waals surface area contributed by atoms with Gasteiger partial charge in [-0.05, 0) is 121 Å². The van der Waals surface area contributed by atoms with E-state index in [-0.39, 0.29) is 5.82 Å². The molecule has 44 heavy (non-hydrogen) atoms. The first-order valence-electron chi connectivity index (χ1n) is 15.6. The molecule has 0 amide bonds. The minimum atomic E-state index is -0.692. The van der Waals surface area contributed by atoms with Crippen molar-refractivity contribution in [2.75, 3.05) is 0 Å². The van der Waals surface area contributed by atoms with Crippen LogP contribution in [0.3, 0.4) is 0 Å². The molecular formula is C34H38B2FNO5S. The first-order valence-corrected chi connectivity index (χ1v) is 16.4. The summed E-state index contributed by atoms with van der Waals surface area (Å²) in [5.74, 6) is 0.129. The molecule has 1 unspecified atom stereocenters. The Kier molecular flexibility index (Phi) is 6.05. The number of fused-ring (bicyclic) bond motifs is 6. The topological polar surface area (TPSA) is 51.1 Å². The number of ether oxygens (including phenoxy) is 1. The summed E-state index contributed by atoms with van der Waals surface area (Å²) in [5.41, 5.74) is 3.19. The molecule has 8 rings (SSSR count). The highest BCUT2D eigenvalue weighted by Gasteiger charge is 2.53. The number of nitrogens with zero attached hydrogens (tertiary/aromatic N) is 1. The van der Waals surface area contributed by atoms with Crippen LogP contribution in [-0.4, -0.2) is 41.2 Å². The zero-order chi connectivity index (χ0) is 31.0. The van der Waals surface area contributed by atoms with Crippen molar-refractivity contribution < 1.29 is 27.7 Å². The molecular weight excluding hydrogens is 575 g/mol. The number of benzene rings is 2. The third kappa shape index (κ3) is 4.14. The van der Waals surface area contributed by atoms with Crippen LogP contribution < -0.4 is 15.7 Å². The SMILES string of the molecule is CC1(C)OB(c2cc(F)c3c(c2)OC(c2cc4c(s2)CCC4)n2c-3cc3cc(B4OC(C)(C)C(C)(C)O4)ccc32)OC1(C)C. The number of thiophene rings is 1. The van der Waals surface area contributed by atoms with Crippen LogP contribution in [0.25, 0.3) is 22.2 Å². The normalized spacial score (nSPS) is 24.0. The molecule has 0 N–H and O–H groups in total. The summed E-state index contributed by atoms with van der Waals surface area (Å²) in [6, 6.07) is 14.0. The fraction of sp³-hybridized carbons (Fsp3) is 0.471. The average molecular weight is 613 g/mol. The van der Waals surface area contributed by atoms with Gasteiger partial charge in [0.15, 0.2) is 0 Å². The van der Waals surface area contributed by atoms with Crippen LogP contribution in [0, 0.1) is 5.82 Å². The van der Waals surface area contributed by atoms with Gasteiger partial charge in [0.05, 0.1) is 44.1 Å². The molecule has 0 spiro atoms. The minimum Gasteiger partial charge on any atom is -0.464 e. The summed E-state index contributed by atoms with van der Waals surface area (Å²) < 4.78 is 50.5. The Morgan fingerprint density at radius 3 is 2.05 bits per heavy atom. The van der Waals surface area contributed by atoms with Gasteiger partial charge >= 0.3 is 14.2 Å². The van der Waals surface area contributed by atoms with Gasteiger partial charge in [-0.1, -0.05) is 12.1 Å². The van der Waals surface area contributed by atoms with Gasteiger partial charge in [0.25, 0.3) is 0 Å². The van der Waals surface area contributed by atoms with E-state index in [2.05, 4.69) is 62.6 Å². The molecule has 2 aromatic heterocycles. The van der Waals surface area contributed by atoms with Crippen molar-refractivity contribution in [1.82, 2.24) is 4.57 Å². The molecule has 228 valence electrons. The van der Waals surface area contributed by atoms with Crippen molar-refractivity contribution in [3.05, 3.63) is 63.6 Å². The summed E-state index contributed by atoms with van der Waals surface area (Å²) in [6.07, 6.45) is 2.95. The maximum absolute atomic E-state index is 16.3. The van der Waals surface area contributed by atoms with Gasteiger partial charge in [-0.2, -0.15) is 0 Å². The van der Waals surface area contributed by atoms with Crippen LogP contribution in [0.15, 0.2) is 42.5 Å². The van der Waals surface area contributed by atoms with Gasteiger partial charge in [0, 0.05) is 10.3 Å². The molecule has 4 aromatic rings. The fourth-order valence-electron chi connectivity index (χ4n) is 6.72. The molecule has 2 aromatic carbocycles. The molecule has 2 saturated heterocycles. The Morgan fingerprint density at radius 1 is 0.773 bits per heavy atom. The predicted octanol–water partition coefficient (Wildman–Crippen LogP) is 6.54. The summed E-state index contributed by atoms with van der Waals surface area (Å²) in [7, 11) is -1.18. The van der Waals surface area contributed by atoms with Crippen molar-refractivity contribution in [2.45, 2.75) is 103 Å². The summed E-state index contributed by atoms with van der Waals surface area (Å²) >= 11 is 1.81. The number of aromatic nitrogens is 1. The molecule has 0 bridgehead atoms. The van der Waals surface area contributed by atoms with E-state index in [0.717, 1.165) is 39.8 Å². The lowest BCUT2D eigenvalue weighted by atomic mass is 9.78. The quantitative estimate of drug-likeness (QED) is 0.246. The van der Waals surface area contributed by atoms with Gasteiger partial charge < -0.3 is 23.4 Å². The third-order valence-corrected chi connectivity index (χ3v) is 12.0. The number of aryl methyl sites for hydroxylation is 2. The molecule has 1 atom stereocenters. The van der Waals surface area contributed by atoms with Gasteiger partial charge in [-0.25, -0.2) is 4.39 Å². The number of rotatable bonds is 3. The van der Waals surface area contributed by atoms with Gasteiger partial charge in [0.1, 0.15) is 11.6 Å². The van der Waals surface area contributed by atoms with E-state index in [0.29, 0.717) is 16.8 Å². The zero-order valence-corrected chi connectivity index (χ0v) is 27.5. The van der Waals surface area contributed by atoms with Crippen molar-refractivity contribution in [1.29, 1.82) is 0 Å². The second-order valence-corrected chi connectivity index (χ2v) is 15.9. The highest BCUT2D eigenvalue weighted by molar-refractivity contribution is 7.12. The Balaban J connectivity index is 1.26. The summed E-state index contributed by atoms with van der Waals surface area (Å²) in [6.45, 7) is 16.2. The highest BCUT2D eigenvalue weighted by atomic mass is 32.1. The molecule has 3 aliphatic heterocycles. The lowest BCUT2D eigenvalue weighted by Crippen LogP contribution is -2.41. The van der Waals surface area contributed by atoms with Crippen LogP contribution >= 0.6 is 11.3 Å². The molecule has 0 saturated carbocycles. The van der Waals surface area contributed by atoms with E-state index < -0.39 is 42.9 Å². The maximum Gasteiger partial charge on any atom is 0.495 e. The molecule has 5 heterocycles. The van der Waals surface area contributed by atoms with Crippen LogP contribution in [-0.2, 0) is 31.5 Å². The Labute approximate surface area is 263 Å². The monoisotopic (exact) mass is 613 g/mol. The molecule has 0 radical (unpaired) electrons. The third-order valence-electron chi connectivity index (χ3n) is 10.7. The van der Waals surface area contributed by atoms with Crippen molar-refractivity contribution in [2.24, 2.45) is 0 Å².